The Morgan fingerprint density at radius 1 is 1.24 bits per heavy atom. The quantitative estimate of drug-likeness (QED) is 0.730. The Morgan fingerprint density at radius 2 is 1.86 bits per heavy atom. The first kappa shape index (κ1) is 18.0. The normalized spacial score (nSPS) is 17.6. The van der Waals surface area contributed by atoms with Gasteiger partial charge in [0.05, 0.1) is 13.7 Å². The van der Waals surface area contributed by atoms with Crippen molar-refractivity contribution in [3.63, 3.8) is 0 Å². The van der Waals surface area contributed by atoms with Gasteiger partial charge in [0.1, 0.15) is 6.04 Å². The molecule has 0 saturated heterocycles. The van der Waals surface area contributed by atoms with Crippen LogP contribution in [0.2, 0.25) is 0 Å². The molecule has 5 heteroatoms. The van der Waals surface area contributed by atoms with E-state index in [4.69, 9.17) is 4.74 Å². The third-order valence-electron chi connectivity index (χ3n) is 4.27. The summed E-state index contributed by atoms with van der Waals surface area (Å²) < 4.78 is 4.78. The van der Waals surface area contributed by atoms with Gasteiger partial charge in [-0.3, -0.25) is 14.9 Å². The van der Waals surface area contributed by atoms with E-state index in [0.29, 0.717) is 6.04 Å². The van der Waals surface area contributed by atoms with Crippen LogP contribution in [0, 0.1) is 5.92 Å². The first-order valence-electron chi connectivity index (χ1n) is 8.11. The molecule has 0 aromatic heterocycles. The van der Waals surface area contributed by atoms with Crippen molar-refractivity contribution in [2.24, 2.45) is 5.92 Å². The largest absolute Gasteiger partial charge is 0.468 e. The Balaban J connectivity index is 2.54. The topological polar surface area (TPSA) is 58.6 Å². The Kier molecular flexibility index (Phi) is 7.72. The molecule has 1 saturated carbocycles. The number of nitrogens with zero attached hydrogens (tertiary/aromatic N) is 1. The minimum Gasteiger partial charge on any atom is -0.468 e. The predicted molar refractivity (Wildman–Crippen MR) is 82.9 cm³/mol. The van der Waals surface area contributed by atoms with E-state index in [2.05, 4.69) is 5.32 Å². The molecule has 0 radical (unpaired) electrons. The van der Waals surface area contributed by atoms with Crippen LogP contribution in [0.25, 0.3) is 0 Å². The van der Waals surface area contributed by atoms with E-state index in [-0.39, 0.29) is 24.3 Å². The zero-order chi connectivity index (χ0) is 15.8. The Hall–Kier alpha value is -1.10. The summed E-state index contributed by atoms with van der Waals surface area (Å²) in [5.41, 5.74) is 0. The fourth-order valence-corrected chi connectivity index (χ4v) is 3.05. The average Bonchev–Trinajstić information content (AvgIpc) is 2.48. The fraction of sp³-hybridized carbons (Fsp3) is 0.875. The summed E-state index contributed by atoms with van der Waals surface area (Å²) in [6, 6.07) is -0.0577. The molecule has 122 valence electrons. The molecule has 0 aliphatic heterocycles. The van der Waals surface area contributed by atoms with Crippen molar-refractivity contribution in [1.82, 2.24) is 10.2 Å². The summed E-state index contributed by atoms with van der Waals surface area (Å²) in [7, 11) is 1.38. The molecule has 0 heterocycles. The van der Waals surface area contributed by atoms with Crippen molar-refractivity contribution >= 4 is 11.9 Å². The van der Waals surface area contributed by atoms with Gasteiger partial charge >= 0.3 is 5.97 Å². The molecule has 1 aliphatic carbocycles. The van der Waals surface area contributed by atoms with Crippen LogP contribution in [-0.2, 0) is 14.3 Å². The van der Waals surface area contributed by atoms with E-state index < -0.39 is 6.04 Å². The Bertz CT molecular complexity index is 338. The molecule has 1 N–H and O–H groups in total. The lowest BCUT2D eigenvalue weighted by atomic mass is 9.94. The lowest BCUT2D eigenvalue weighted by Gasteiger charge is -2.34. The van der Waals surface area contributed by atoms with E-state index in [0.717, 1.165) is 19.4 Å². The molecule has 1 aliphatic rings. The molecule has 1 atom stereocenters. The van der Waals surface area contributed by atoms with Crippen LogP contribution < -0.4 is 5.32 Å². The number of amides is 1. The molecule has 0 bridgehead atoms. The summed E-state index contributed by atoms with van der Waals surface area (Å²) in [6.45, 7) is 6.83. The second-order valence-corrected chi connectivity index (χ2v) is 6.10. The van der Waals surface area contributed by atoms with Crippen LogP contribution in [0.15, 0.2) is 0 Å². The first-order valence-corrected chi connectivity index (χ1v) is 8.11. The zero-order valence-electron chi connectivity index (χ0n) is 13.9. The molecule has 1 amide bonds. The van der Waals surface area contributed by atoms with Gasteiger partial charge in [-0.1, -0.05) is 33.1 Å². The number of methoxy groups -OCH3 is 1. The highest BCUT2D eigenvalue weighted by Crippen LogP contribution is 2.22. The number of hydrogen-bond acceptors (Lipinski definition) is 4. The van der Waals surface area contributed by atoms with Gasteiger partial charge in [-0.15, -0.1) is 0 Å². The van der Waals surface area contributed by atoms with Gasteiger partial charge < -0.3 is 9.64 Å². The van der Waals surface area contributed by atoms with Gasteiger partial charge in [-0.2, -0.15) is 0 Å². The molecule has 21 heavy (non-hydrogen) atoms. The number of carbonyl (C=O) groups is 2. The molecule has 1 rings (SSSR count). The lowest BCUT2D eigenvalue weighted by Crippen LogP contribution is -2.50. The molecule has 0 aromatic carbocycles. The smallest absolute Gasteiger partial charge is 0.323 e. The molecule has 5 nitrogen and oxygen atoms in total. The van der Waals surface area contributed by atoms with E-state index in [1.807, 2.05) is 25.7 Å². The maximum absolute atomic E-state index is 12.4. The van der Waals surface area contributed by atoms with Gasteiger partial charge in [0.25, 0.3) is 0 Å². The molecule has 0 aromatic rings. The number of hydrogen-bond donors (Lipinski definition) is 1. The average molecular weight is 298 g/mol. The third-order valence-corrected chi connectivity index (χ3v) is 4.27. The number of nitrogens with one attached hydrogen (secondary N) is 1. The van der Waals surface area contributed by atoms with Crippen molar-refractivity contribution in [2.45, 2.75) is 65.0 Å². The Morgan fingerprint density at radius 3 is 2.33 bits per heavy atom. The number of ether oxygens (including phenoxy) is 1. The van der Waals surface area contributed by atoms with E-state index in [1.165, 1.54) is 26.4 Å². The van der Waals surface area contributed by atoms with Gasteiger partial charge in [0.15, 0.2) is 0 Å². The van der Waals surface area contributed by atoms with Gasteiger partial charge in [0, 0.05) is 12.6 Å². The van der Waals surface area contributed by atoms with E-state index in [1.54, 1.807) is 0 Å². The second-order valence-electron chi connectivity index (χ2n) is 6.10. The van der Waals surface area contributed by atoms with Crippen molar-refractivity contribution in [1.29, 1.82) is 0 Å². The highest BCUT2D eigenvalue weighted by molar-refractivity contribution is 5.81. The summed E-state index contributed by atoms with van der Waals surface area (Å²) in [6.07, 6.45) is 5.89. The second kappa shape index (κ2) is 9.03. The summed E-state index contributed by atoms with van der Waals surface area (Å²) in [4.78, 5) is 26.1. The molecule has 1 unspecified atom stereocenters. The van der Waals surface area contributed by atoms with Gasteiger partial charge in [0.2, 0.25) is 5.91 Å². The number of esters is 1. The van der Waals surface area contributed by atoms with Crippen LogP contribution in [0.1, 0.15) is 52.9 Å². The minimum absolute atomic E-state index is 0.0824. The Labute approximate surface area is 128 Å². The zero-order valence-corrected chi connectivity index (χ0v) is 13.9. The van der Waals surface area contributed by atoms with Crippen LogP contribution >= 0.6 is 0 Å². The third kappa shape index (κ3) is 5.30. The monoisotopic (exact) mass is 298 g/mol. The van der Waals surface area contributed by atoms with Crippen LogP contribution in [0.5, 0.6) is 0 Å². The number of likely N-dealkylation sites (N-methyl/N-ethyl adjacent to an activating group) is 1. The molecule has 0 spiro atoms. The summed E-state index contributed by atoms with van der Waals surface area (Å²) >= 11 is 0. The standard InChI is InChI=1S/C16H30N2O3/c1-5-18(13-9-7-6-8-10-13)14(19)11-17-15(12(2)3)16(20)21-4/h12-13,15,17H,5-11H2,1-4H3. The SMILES string of the molecule is CCN(C(=O)CNC(C(=O)OC)C(C)C)C1CCCCC1. The van der Waals surface area contributed by atoms with Crippen LogP contribution in [-0.4, -0.2) is 49.1 Å². The van der Waals surface area contributed by atoms with Gasteiger partial charge in [-0.25, -0.2) is 0 Å². The number of rotatable bonds is 7. The van der Waals surface area contributed by atoms with Crippen molar-refractivity contribution < 1.29 is 14.3 Å². The van der Waals surface area contributed by atoms with E-state index in [9.17, 15) is 9.59 Å². The highest BCUT2D eigenvalue weighted by atomic mass is 16.5. The van der Waals surface area contributed by atoms with E-state index >= 15 is 0 Å². The minimum atomic E-state index is -0.427. The van der Waals surface area contributed by atoms with Gasteiger partial charge in [-0.05, 0) is 25.7 Å². The van der Waals surface area contributed by atoms with Crippen LogP contribution in [0.4, 0.5) is 0 Å². The highest BCUT2D eigenvalue weighted by Gasteiger charge is 2.27. The predicted octanol–water partition coefficient (Wildman–Crippen LogP) is 1.95. The molecular formula is C16H30N2O3. The lowest BCUT2D eigenvalue weighted by molar-refractivity contribution is -0.144. The van der Waals surface area contributed by atoms with Crippen LogP contribution in [0.3, 0.4) is 0 Å². The summed E-state index contributed by atoms with van der Waals surface area (Å²) in [5.74, 6) is -0.132. The maximum Gasteiger partial charge on any atom is 0.323 e. The molecular weight excluding hydrogens is 268 g/mol. The van der Waals surface area contributed by atoms with Crippen molar-refractivity contribution in [3.8, 4) is 0 Å². The summed E-state index contributed by atoms with van der Waals surface area (Å²) in [5, 5.41) is 3.06. The van der Waals surface area contributed by atoms with Crippen molar-refractivity contribution in [2.75, 3.05) is 20.2 Å². The maximum atomic E-state index is 12.4. The fourth-order valence-electron chi connectivity index (χ4n) is 3.05. The number of carbonyl (C=O) groups excluding carboxylic acids is 2. The van der Waals surface area contributed by atoms with Crippen molar-refractivity contribution in [3.05, 3.63) is 0 Å². The molecule has 1 fully saturated rings. The first-order chi connectivity index (χ1) is 10.0.